The number of alkyl halides is 1. The minimum absolute atomic E-state index is 0.373. The van der Waals surface area contributed by atoms with Gasteiger partial charge in [-0.3, -0.25) is 0 Å². The zero-order chi connectivity index (χ0) is 10.0. The summed E-state index contributed by atoms with van der Waals surface area (Å²) in [6, 6.07) is 0. The van der Waals surface area contributed by atoms with E-state index in [1.54, 1.807) is 0 Å². The molecule has 78 valence electrons. The van der Waals surface area contributed by atoms with Crippen molar-refractivity contribution in [1.29, 1.82) is 0 Å². The molecule has 0 aromatic heterocycles. The molecular weight excluding hydrogens is 244 g/mol. The fraction of sp³-hybridized carbons (Fsp3) is 1.00. The zero-order valence-corrected chi connectivity index (χ0v) is 8.72. The van der Waals surface area contributed by atoms with Gasteiger partial charge in [0.25, 0.3) is 0 Å². The second-order valence-corrected chi connectivity index (χ2v) is 3.55. The van der Waals surface area contributed by atoms with Crippen molar-refractivity contribution in [2.24, 2.45) is 0 Å². The summed E-state index contributed by atoms with van der Waals surface area (Å²) < 4.78 is 9.94. The quantitative estimate of drug-likeness (QED) is 0.543. The van der Waals surface area contributed by atoms with Gasteiger partial charge in [-0.05, 0) is 0 Å². The Labute approximate surface area is 84.4 Å². The first-order chi connectivity index (χ1) is 6.11. The van der Waals surface area contributed by atoms with E-state index < -0.39 is 30.7 Å². The van der Waals surface area contributed by atoms with Crippen molar-refractivity contribution in [2.45, 2.75) is 30.7 Å². The van der Waals surface area contributed by atoms with Gasteiger partial charge in [0.2, 0.25) is 0 Å². The Morgan fingerprint density at radius 2 is 1.85 bits per heavy atom. The van der Waals surface area contributed by atoms with Gasteiger partial charge in [-0.15, -0.1) is 0 Å². The molecule has 1 saturated heterocycles. The Morgan fingerprint density at radius 1 is 1.23 bits per heavy atom. The Bertz CT molecular complexity index is 147. The van der Waals surface area contributed by atoms with Crippen LogP contribution in [-0.4, -0.2) is 58.5 Å². The third kappa shape index (κ3) is 2.20. The molecule has 0 amide bonds. The molecule has 1 fully saturated rings. The average molecular weight is 257 g/mol. The van der Waals surface area contributed by atoms with E-state index in [1.807, 2.05) is 0 Å². The van der Waals surface area contributed by atoms with Crippen LogP contribution in [-0.2, 0) is 9.47 Å². The summed E-state index contributed by atoms with van der Waals surface area (Å²) in [5.41, 5.74) is 0. The number of hydrogen-bond acceptors (Lipinski definition) is 5. The number of hydrogen-bond donors (Lipinski definition) is 3. The van der Waals surface area contributed by atoms with Gasteiger partial charge in [0.1, 0.15) is 18.3 Å². The Morgan fingerprint density at radius 3 is 2.31 bits per heavy atom. The Hall–Kier alpha value is 0.280. The minimum Gasteiger partial charge on any atom is -0.388 e. The van der Waals surface area contributed by atoms with Crippen molar-refractivity contribution in [2.75, 3.05) is 12.4 Å². The van der Waals surface area contributed by atoms with E-state index in [0.29, 0.717) is 5.33 Å². The molecule has 3 N–H and O–H groups in total. The standard InChI is InChI=1S/C7H13BrO5/c1-12-7-6(11)5(10)4(9)3(2-8)13-7/h3-7,9-11H,2H2,1H3/t3-,4-,5+,6+,7+/m1/s1. The number of ether oxygens (including phenoxy) is 2. The first kappa shape index (κ1) is 11.4. The highest BCUT2D eigenvalue weighted by atomic mass is 79.9. The van der Waals surface area contributed by atoms with Crippen molar-refractivity contribution < 1.29 is 24.8 Å². The molecule has 0 aromatic rings. The van der Waals surface area contributed by atoms with Crippen molar-refractivity contribution in [3.63, 3.8) is 0 Å². The molecule has 0 saturated carbocycles. The molecule has 6 heteroatoms. The monoisotopic (exact) mass is 256 g/mol. The van der Waals surface area contributed by atoms with Crippen molar-refractivity contribution in [3.05, 3.63) is 0 Å². The van der Waals surface area contributed by atoms with Gasteiger partial charge < -0.3 is 24.8 Å². The van der Waals surface area contributed by atoms with Crippen LogP contribution in [0.15, 0.2) is 0 Å². The van der Waals surface area contributed by atoms with E-state index in [-0.39, 0.29) is 0 Å². The third-order valence-corrected chi connectivity index (χ3v) is 2.69. The van der Waals surface area contributed by atoms with Crippen LogP contribution >= 0.6 is 15.9 Å². The molecule has 1 heterocycles. The maximum atomic E-state index is 9.40. The number of methoxy groups -OCH3 is 1. The number of rotatable bonds is 2. The molecule has 1 aliphatic rings. The van der Waals surface area contributed by atoms with Crippen LogP contribution in [0, 0.1) is 0 Å². The second kappa shape index (κ2) is 4.68. The summed E-state index contributed by atoms with van der Waals surface area (Å²) >= 11 is 3.12. The molecule has 0 radical (unpaired) electrons. The highest BCUT2D eigenvalue weighted by molar-refractivity contribution is 9.09. The van der Waals surface area contributed by atoms with Crippen LogP contribution in [0.1, 0.15) is 0 Å². The smallest absolute Gasteiger partial charge is 0.186 e. The molecule has 0 aliphatic carbocycles. The number of halogens is 1. The molecule has 13 heavy (non-hydrogen) atoms. The van der Waals surface area contributed by atoms with E-state index >= 15 is 0 Å². The first-order valence-electron chi connectivity index (χ1n) is 3.90. The van der Waals surface area contributed by atoms with Crippen molar-refractivity contribution >= 4 is 15.9 Å². The largest absolute Gasteiger partial charge is 0.388 e. The van der Waals surface area contributed by atoms with Gasteiger partial charge in [0.05, 0.1) is 6.10 Å². The maximum absolute atomic E-state index is 9.40. The van der Waals surface area contributed by atoms with E-state index in [4.69, 9.17) is 9.47 Å². The topological polar surface area (TPSA) is 79.2 Å². The fourth-order valence-corrected chi connectivity index (χ4v) is 1.77. The minimum atomic E-state index is -1.23. The number of aliphatic hydroxyl groups is 3. The SMILES string of the molecule is CO[C@H]1O[C@H](CBr)[C@@H](O)[C@H](O)[C@@H]1O. The van der Waals surface area contributed by atoms with E-state index in [2.05, 4.69) is 15.9 Å². The van der Waals surface area contributed by atoms with Gasteiger partial charge >= 0.3 is 0 Å². The molecule has 0 aromatic carbocycles. The van der Waals surface area contributed by atoms with Gasteiger partial charge in [-0.2, -0.15) is 0 Å². The van der Waals surface area contributed by atoms with Gasteiger partial charge in [0.15, 0.2) is 6.29 Å². The van der Waals surface area contributed by atoms with E-state index in [0.717, 1.165) is 0 Å². The molecular formula is C7H13BrO5. The Balaban J connectivity index is 2.66. The van der Waals surface area contributed by atoms with Gasteiger partial charge in [0, 0.05) is 12.4 Å². The molecule has 0 spiro atoms. The number of aliphatic hydroxyl groups excluding tert-OH is 3. The van der Waals surface area contributed by atoms with E-state index in [1.165, 1.54) is 7.11 Å². The lowest BCUT2D eigenvalue weighted by Gasteiger charge is -2.39. The summed E-state index contributed by atoms with van der Waals surface area (Å²) in [5.74, 6) is 0. The van der Waals surface area contributed by atoms with Crippen LogP contribution in [0.4, 0.5) is 0 Å². The van der Waals surface area contributed by atoms with Gasteiger partial charge in [-0.1, -0.05) is 15.9 Å². The second-order valence-electron chi connectivity index (χ2n) is 2.90. The van der Waals surface area contributed by atoms with Crippen LogP contribution < -0.4 is 0 Å². The predicted octanol–water partition coefficient (Wildman–Crippen LogP) is -1.16. The summed E-state index contributed by atoms with van der Waals surface area (Å²) in [4.78, 5) is 0. The maximum Gasteiger partial charge on any atom is 0.186 e. The normalized spacial score (nSPS) is 46.4. The van der Waals surface area contributed by atoms with Crippen LogP contribution in [0.2, 0.25) is 0 Å². The van der Waals surface area contributed by atoms with Crippen molar-refractivity contribution in [3.8, 4) is 0 Å². The summed E-state index contributed by atoms with van der Waals surface area (Å²) in [6.07, 6.45) is -5.00. The third-order valence-electron chi connectivity index (χ3n) is 2.05. The summed E-state index contributed by atoms with van der Waals surface area (Å²) in [7, 11) is 1.36. The van der Waals surface area contributed by atoms with Crippen LogP contribution in [0.5, 0.6) is 0 Å². The first-order valence-corrected chi connectivity index (χ1v) is 5.02. The molecule has 5 nitrogen and oxygen atoms in total. The average Bonchev–Trinajstić information content (AvgIpc) is 2.15. The molecule has 1 aliphatic heterocycles. The van der Waals surface area contributed by atoms with Gasteiger partial charge in [-0.25, -0.2) is 0 Å². The lowest BCUT2D eigenvalue weighted by Crippen LogP contribution is -2.58. The molecule has 0 bridgehead atoms. The van der Waals surface area contributed by atoms with E-state index in [9.17, 15) is 15.3 Å². The summed E-state index contributed by atoms with van der Waals surface area (Å²) in [6.45, 7) is 0. The lowest BCUT2D eigenvalue weighted by atomic mass is 10.0. The van der Waals surface area contributed by atoms with Crippen LogP contribution in [0.3, 0.4) is 0 Å². The molecule has 5 atom stereocenters. The molecule has 1 rings (SSSR count). The Kier molecular flexibility index (Phi) is 4.08. The fourth-order valence-electron chi connectivity index (χ4n) is 1.24. The summed E-state index contributed by atoms with van der Waals surface area (Å²) in [5, 5.41) is 28.5. The van der Waals surface area contributed by atoms with Crippen molar-refractivity contribution in [1.82, 2.24) is 0 Å². The van der Waals surface area contributed by atoms with Crippen LogP contribution in [0.25, 0.3) is 0 Å². The predicted molar refractivity (Wildman–Crippen MR) is 47.5 cm³/mol. The molecule has 0 unspecified atom stereocenters. The highest BCUT2D eigenvalue weighted by Gasteiger charge is 2.43. The highest BCUT2D eigenvalue weighted by Crippen LogP contribution is 2.22. The zero-order valence-electron chi connectivity index (χ0n) is 7.13. The lowest BCUT2D eigenvalue weighted by molar-refractivity contribution is -0.284.